The third kappa shape index (κ3) is 7.34. The van der Waals surface area contributed by atoms with E-state index in [1.54, 1.807) is 38.5 Å². The summed E-state index contributed by atoms with van der Waals surface area (Å²) in [6.45, 7) is 3.76. The van der Waals surface area contributed by atoms with E-state index in [0.29, 0.717) is 31.1 Å². The lowest BCUT2D eigenvalue weighted by Crippen LogP contribution is -2.22. The number of carbonyl (C=O) groups excluding carboxylic acids is 1. The molecule has 2 N–H and O–H groups in total. The Morgan fingerprint density at radius 1 is 1.08 bits per heavy atom. The number of likely N-dealkylation sites (N-methyl/N-ethyl adjacent to an activating group) is 1. The second-order valence-electron chi connectivity index (χ2n) is 9.25. The Bertz CT molecular complexity index is 1470. The second-order valence-corrected chi connectivity index (χ2v) is 9.69. The van der Waals surface area contributed by atoms with Crippen molar-refractivity contribution in [1.29, 1.82) is 0 Å². The van der Waals surface area contributed by atoms with Crippen molar-refractivity contribution in [3.05, 3.63) is 107 Å². The van der Waals surface area contributed by atoms with Crippen molar-refractivity contribution in [3.63, 3.8) is 0 Å². The molecule has 4 rings (SSSR count). The highest BCUT2D eigenvalue weighted by Gasteiger charge is 2.15. The third-order valence-corrected chi connectivity index (χ3v) is 6.47. The molecule has 0 saturated heterocycles. The van der Waals surface area contributed by atoms with Gasteiger partial charge in [-0.3, -0.25) is 9.89 Å². The lowest BCUT2D eigenvalue weighted by molar-refractivity contribution is -0.123. The van der Waals surface area contributed by atoms with Crippen LogP contribution in [0, 0.1) is 5.82 Å². The lowest BCUT2D eigenvalue weighted by Gasteiger charge is -2.17. The maximum atomic E-state index is 14.3. The highest BCUT2D eigenvalue weighted by molar-refractivity contribution is 6.30. The Kier molecular flexibility index (Phi) is 9.52. The number of hydrogen-bond acceptors (Lipinski definition) is 4. The number of benzene rings is 3. The summed E-state index contributed by atoms with van der Waals surface area (Å²) < 4.78 is 20.2. The largest absolute Gasteiger partial charge is 0.492 e. The number of carbonyl (C=O) groups is 1. The van der Waals surface area contributed by atoms with E-state index < -0.39 is 0 Å². The fraction of sp³-hybridized carbons (Fsp3) is 0.226. The number of aromatic amines is 1. The molecule has 1 amide bonds. The minimum atomic E-state index is -0.370. The normalized spacial score (nSPS) is 12.1. The first-order valence-corrected chi connectivity index (χ1v) is 13.2. The van der Waals surface area contributed by atoms with Crippen molar-refractivity contribution in [1.82, 2.24) is 20.4 Å². The maximum absolute atomic E-state index is 14.3. The molecule has 0 bridgehead atoms. The van der Waals surface area contributed by atoms with E-state index in [-0.39, 0.29) is 11.7 Å². The summed E-state index contributed by atoms with van der Waals surface area (Å²) in [4.78, 5) is 13.1. The van der Waals surface area contributed by atoms with Crippen LogP contribution in [0.15, 0.2) is 79.0 Å². The van der Waals surface area contributed by atoms with Crippen LogP contribution in [0.1, 0.15) is 30.0 Å². The lowest BCUT2D eigenvalue weighted by atomic mass is 9.88. The minimum Gasteiger partial charge on any atom is -0.492 e. The molecule has 0 spiro atoms. The van der Waals surface area contributed by atoms with E-state index in [1.807, 2.05) is 36.4 Å². The number of nitrogens with zero attached hydrogens (tertiary/aromatic N) is 2. The number of fused-ring (bicyclic) bond motifs is 1. The van der Waals surface area contributed by atoms with Crippen LogP contribution < -0.4 is 10.1 Å². The van der Waals surface area contributed by atoms with Crippen LogP contribution in [0.5, 0.6) is 5.75 Å². The van der Waals surface area contributed by atoms with Gasteiger partial charge in [0.05, 0.1) is 11.7 Å². The highest BCUT2D eigenvalue weighted by atomic mass is 35.5. The highest BCUT2D eigenvalue weighted by Crippen LogP contribution is 2.37. The topological polar surface area (TPSA) is 70.2 Å². The zero-order chi connectivity index (χ0) is 27.8. The number of nitrogens with one attached hydrogen (secondary N) is 2. The van der Waals surface area contributed by atoms with Crippen LogP contribution in [0.2, 0.25) is 5.02 Å². The zero-order valence-corrected chi connectivity index (χ0v) is 23.1. The predicted molar refractivity (Wildman–Crippen MR) is 156 cm³/mol. The monoisotopic (exact) mass is 546 g/mol. The number of allylic oxidation sites excluding steroid dienone is 1. The van der Waals surface area contributed by atoms with Crippen LogP contribution in [0.3, 0.4) is 0 Å². The summed E-state index contributed by atoms with van der Waals surface area (Å²) >= 11 is 6.23. The van der Waals surface area contributed by atoms with Gasteiger partial charge >= 0.3 is 0 Å². The molecule has 0 aliphatic carbocycles. The van der Waals surface area contributed by atoms with Crippen molar-refractivity contribution >= 4 is 39.6 Å². The first-order valence-electron chi connectivity index (χ1n) is 12.8. The summed E-state index contributed by atoms with van der Waals surface area (Å²) in [7, 11) is 3.44. The maximum Gasteiger partial charge on any atom is 0.245 e. The van der Waals surface area contributed by atoms with Gasteiger partial charge in [-0.15, -0.1) is 0 Å². The number of amides is 1. The molecule has 0 saturated carbocycles. The molecule has 8 heteroatoms. The first-order chi connectivity index (χ1) is 18.9. The van der Waals surface area contributed by atoms with Gasteiger partial charge in [-0.05, 0) is 76.7 Å². The molecule has 0 atom stereocenters. The van der Waals surface area contributed by atoms with E-state index in [1.165, 1.54) is 17.0 Å². The van der Waals surface area contributed by atoms with Gasteiger partial charge in [-0.2, -0.15) is 5.10 Å². The molecule has 0 aliphatic rings. The molecule has 3 aromatic carbocycles. The summed E-state index contributed by atoms with van der Waals surface area (Å²) in [6, 6.07) is 18.7. The zero-order valence-electron chi connectivity index (χ0n) is 22.3. The van der Waals surface area contributed by atoms with Crippen molar-refractivity contribution in [2.75, 3.05) is 33.8 Å². The van der Waals surface area contributed by atoms with Crippen LogP contribution >= 0.6 is 11.6 Å². The first kappa shape index (κ1) is 28.1. The Balaban J connectivity index is 1.55. The number of hydrogen-bond donors (Lipinski definition) is 2. The predicted octanol–water partition coefficient (Wildman–Crippen LogP) is 6.34. The molecule has 0 aliphatic heterocycles. The van der Waals surface area contributed by atoms with E-state index in [9.17, 15) is 9.18 Å². The van der Waals surface area contributed by atoms with E-state index in [4.69, 9.17) is 16.3 Å². The van der Waals surface area contributed by atoms with Crippen LogP contribution in [0.25, 0.3) is 22.0 Å². The van der Waals surface area contributed by atoms with Gasteiger partial charge in [-0.1, -0.05) is 42.8 Å². The van der Waals surface area contributed by atoms with Crippen molar-refractivity contribution in [2.24, 2.45) is 0 Å². The standard InChI is InChI=1S/C31H32ClFN4O2/c1-4-28(23-17-25(32)19-26(33)18-23)31(22-9-12-29-24(16-22)20-35-36-29)21-7-10-27(11-8-21)39-15-14-34-13-5-6-30(38)37(2)3/h5-12,16-20,34H,4,13-15H2,1-3H3,(H,35,36). The number of ether oxygens (including phenoxy) is 1. The summed E-state index contributed by atoms with van der Waals surface area (Å²) in [5, 5.41) is 11.7. The molecule has 0 fully saturated rings. The molecule has 1 aromatic heterocycles. The van der Waals surface area contributed by atoms with E-state index in [0.717, 1.165) is 44.5 Å². The van der Waals surface area contributed by atoms with Gasteiger partial charge in [0, 0.05) is 43.7 Å². The third-order valence-electron chi connectivity index (χ3n) is 6.25. The Morgan fingerprint density at radius 3 is 2.56 bits per heavy atom. The van der Waals surface area contributed by atoms with E-state index in [2.05, 4.69) is 28.5 Å². The molecule has 0 unspecified atom stereocenters. The molecule has 4 aromatic rings. The number of H-pyrrole nitrogens is 1. The van der Waals surface area contributed by atoms with E-state index >= 15 is 0 Å². The van der Waals surface area contributed by atoms with Crippen LogP contribution in [-0.4, -0.2) is 54.8 Å². The average molecular weight is 547 g/mol. The number of halogens is 2. The summed E-state index contributed by atoms with van der Waals surface area (Å²) in [5.41, 5.74) is 5.66. The fourth-order valence-electron chi connectivity index (χ4n) is 4.32. The van der Waals surface area contributed by atoms with Gasteiger partial charge in [-0.25, -0.2) is 4.39 Å². The quantitative estimate of drug-likeness (QED) is 0.131. The van der Waals surface area contributed by atoms with Gasteiger partial charge in [0.1, 0.15) is 18.2 Å². The SMILES string of the molecule is CCC(=C(c1ccc(OCCNCC=CC(=O)N(C)C)cc1)c1ccc2[nH]ncc2c1)c1cc(F)cc(Cl)c1. The van der Waals surface area contributed by atoms with Gasteiger partial charge in [0.15, 0.2) is 0 Å². The molecule has 0 radical (unpaired) electrons. The molecular weight excluding hydrogens is 515 g/mol. The smallest absolute Gasteiger partial charge is 0.245 e. The number of rotatable bonds is 11. The molecule has 202 valence electrons. The molecule has 39 heavy (non-hydrogen) atoms. The summed E-state index contributed by atoms with van der Waals surface area (Å²) in [6.07, 6.45) is 5.81. The van der Waals surface area contributed by atoms with Crippen LogP contribution in [-0.2, 0) is 4.79 Å². The molecular formula is C31H32ClFN4O2. The second kappa shape index (κ2) is 13.2. The Morgan fingerprint density at radius 2 is 1.85 bits per heavy atom. The average Bonchev–Trinajstić information content (AvgIpc) is 3.39. The van der Waals surface area contributed by atoms with Crippen molar-refractivity contribution in [2.45, 2.75) is 13.3 Å². The fourth-order valence-corrected chi connectivity index (χ4v) is 4.54. The van der Waals surface area contributed by atoms with Crippen molar-refractivity contribution in [3.8, 4) is 5.75 Å². The van der Waals surface area contributed by atoms with Crippen LogP contribution in [0.4, 0.5) is 4.39 Å². The van der Waals surface area contributed by atoms with Gasteiger partial charge < -0.3 is 15.0 Å². The van der Waals surface area contributed by atoms with Gasteiger partial charge in [0.25, 0.3) is 0 Å². The Labute approximate surface area is 233 Å². The minimum absolute atomic E-state index is 0.0435. The molecule has 1 heterocycles. The van der Waals surface area contributed by atoms with Crippen molar-refractivity contribution < 1.29 is 13.9 Å². The summed E-state index contributed by atoms with van der Waals surface area (Å²) in [5.74, 6) is 0.332. The number of aromatic nitrogens is 2. The Hall–Kier alpha value is -3.94. The van der Waals surface area contributed by atoms with Gasteiger partial charge in [0.2, 0.25) is 5.91 Å². The molecule has 6 nitrogen and oxygen atoms in total.